The number of hydrogen-bond donors (Lipinski definition) is 4. The Balaban J connectivity index is 1.57. The lowest BCUT2D eigenvalue weighted by atomic mass is 10.3. The molecule has 0 aromatic heterocycles. The van der Waals surface area contributed by atoms with Crippen LogP contribution in [0.1, 0.15) is 0 Å². The molecule has 0 aliphatic heterocycles. The molecule has 6 N–H and O–H groups in total. The highest BCUT2D eigenvalue weighted by Crippen LogP contribution is 2.14. The number of aliphatic hydroxyl groups excluding tert-OH is 2. The van der Waals surface area contributed by atoms with Gasteiger partial charge in [0, 0.05) is 11.4 Å². The Bertz CT molecular complexity index is 563. The quantitative estimate of drug-likeness (QED) is 0.474. The van der Waals surface area contributed by atoms with Crippen LogP contribution >= 0.6 is 0 Å². The van der Waals surface area contributed by atoms with E-state index in [1.54, 1.807) is 48.5 Å². The number of rotatable bonds is 10. The zero-order chi connectivity index (χ0) is 18.1. The first-order chi connectivity index (χ1) is 12.0. The Morgan fingerprint density at radius 1 is 0.640 bits per heavy atom. The molecule has 0 amide bonds. The van der Waals surface area contributed by atoms with E-state index in [4.69, 9.17) is 25.7 Å². The van der Waals surface area contributed by atoms with Gasteiger partial charge in [-0.05, 0) is 48.5 Å². The molecule has 7 nitrogen and oxygen atoms in total. The summed E-state index contributed by atoms with van der Waals surface area (Å²) in [5.41, 5.74) is 12.5. The second-order valence-corrected chi connectivity index (χ2v) is 5.61. The number of anilines is 2. The molecule has 0 aliphatic rings. The van der Waals surface area contributed by atoms with Gasteiger partial charge in [-0.1, -0.05) is 0 Å². The number of aliphatic hydroxyl groups is 2. The van der Waals surface area contributed by atoms with Crippen molar-refractivity contribution >= 4 is 11.4 Å². The molecular formula is C18H24N2O5. The molecular weight excluding hydrogens is 324 g/mol. The second-order valence-electron chi connectivity index (χ2n) is 5.61. The average Bonchev–Trinajstić information content (AvgIpc) is 2.61. The standard InChI is InChI=1S/C18H24N2O5/c19-13-1-5-17(6-2-13)24-11-15(21)9-23-10-16(22)12-25-18-7-3-14(20)4-8-18/h1-8,15-16,21-22H,9-12,19-20H2. The van der Waals surface area contributed by atoms with Gasteiger partial charge in [0.25, 0.3) is 0 Å². The Labute approximate surface area is 146 Å². The molecule has 0 fully saturated rings. The molecule has 0 bridgehead atoms. The zero-order valence-corrected chi connectivity index (χ0v) is 13.9. The summed E-state index contributed by atoms with van der Waals surface area (Å²) in [6.45, 7) is 0.270. The number of benzene rings is 2. The lowest BCUT2D eigenvalue weighted by molar-refractivity contribution is -0.0308. The molecule has 2 rings (SSSR count). The van der Waals surface area contributed by atoms with Crippen LogP contribution in [0.2, 0.25) is 0 Å². The summed E-state index contributed by atoms with van der Waals surface area (Å²) in [6.07, 6.45) is -1.61. The smallest absolute Gasteiger partial charge is 0.119 e. The van der Waals surface area contributed by atoms with Crippen molar-refractivity contribution in [2.45, 2.75) is 12.2 Å². The Kier molecular flexibility index (Phi) is 7.34. The Morgan fingerprint density at radius 3 is 1.36 bits per heavy atom. The van der Waals surface area contributed by atoms with Gasteiger partial charge >= 0.3 is 0 Å². The van der Waals surface area contributed by atoms with Gasteiger partial charge in [-0.2, -0.15) is 0 Å². The molecule has 2 aromatic rings. The summed E-state index contributed by atoms with van der Waals surface area (Å²) < 4.78 is 16.1. The van der Waals surface area contributed by atoms with Crippen molar-refractivity contribution in [1.82, 2.24) is 0 Å². The van der Waals surface area contributed by atoms with Gasteiger partial charge < -0.3 is 35.9 Å². The molecule has 2 aromatic carbocycles. The zero-order valence-electron chi connectivity index (χ0n) is 13.9. The first kappa shape index (κ1) is 18.9. The van der Waals surface area contributed by atoms with E-state index in [0.717, 1.165) is 0 Å². The fourth-order valence-electron chi connectivity index (χ4n) is 1.95. The van der Waals surface area contributed by atoms with Gasteiger partial charge in [-0.25, -0.2) is 0 Å². The van der Waals surface area contributed by atoms with Crippen LogP contribution in [-0.4, -0.2) is 48.8 Å². The topological polar surface area (TPSA) is 120 Å². The fraction of sp³-hybridized carbons (Fsp3) is 0.333. The minimum atomic E-state index is -0.803. The first-order valence-electron chi connectivity index (χ1n) is 7.93. The monoisotopic (exact) mass is 348 g/mol. The van der Waals surface area contributed by atoms with Crippen molar-refractivity contribution < 1.29 is 24.4 Å². The van der Waals surface area contributed by atoms with Gasteiger partial charge in [0.15, 0.2) is 0 Å². The molecule has 25 heavy (non-hydrogen) atoms. The van der Waals surface area contributed by atoms with Crippen LogP contribution < -0.4 is 20.9 Å². The molecule has 0 heterocycles. The van der Waals surface area contributed by atoms with Crippen molar-refractivity contribution in [3.05, 3.63) is 48.5 Å². The molecule has 136 valence electrons. The normalized spacial score (nSPS) is 13.2. The highest BCUT2D eigenvalue weighted by molar-refractivity contribution is 5.42. The summed E-state index contributed by atoms with van der Waals surface area (Å²) in [7, 11) is 0. The van der Waals surface area contributed by atoms with Crippen molar-refractivity contribution in [1.29, 1.82) is 0 Å². The molecule has 0 saturated carbocycles. The van der Waals surface area contributed by atoms with Gasteiger partial charge in [-0.15, -0.1) is 0 Å². The molecule has 0 saturated heterocycles. The summed E-state index contributed by atoms with van der Waals surface area (Å²) >= 11 is 0. The highest BCUT2D eigenvalue weighted by Gasteiger charge is 2.10. The Hall–Kier alpha value is -2.48. The maximum atomic E-state index is 9.81. The third-order valence-electron chi connectivity index (χ3n) is 3.27. The summed E-state index contributed by atoms with van der Waals surface area (Å²) in [6, 6.07) is 13.8. The lowest BCUT2D eigenvalue weighted by Gasteiger charge is -2.15. The summed E-state index contributed by atoms with van der Waals surface area (Å²) in [5.74, 6) is 1.23. The van der Waals surface area contributed by atoms with E-state index in [-0.39, 0.29) is 26.4 Å². The molecule has 2 unspecified atom stereocenters. The van der Waals surface area contributed by atoms with E-state index in [9.17, 15) is 10.2 Å². The maximum Gasteiger partial charge on any atom is 0.119 e. The minimum Gasteiger partial charge on any atom is -0.491 e. The lowest BCUT2D eigenvalue weighted by Crippen LogP contribution is -2.28. The maximum absolute atomic E-state index is 9.81. The largest absolute Gasteiger partial charge is 0.491 e. The van der Waals surface area contributed by atoms with E-state index in [1.807, 2.05) is 0 Å². The van der Waals surface area contributed by atoms with Gasteiger partial charge in [0.1, 0.15) is 36.9 Å². The second kappa shape index (κ2) is 9.73. The molecule has 2 atom stereocenters. The van der Waals surface area contributed by atoms with Crippen LogP contribution in [0.25, 0.3) is 0 Å². The van der Waals surface area contributed by atoms with Gasteiger partial charge in [0.05, 0.1) is 13.2 Å². The minimum absolute atomic E-state index is 0.0495. The number of hydrogen-bond acceptors (Lipinski definition) is 7. The van der Waals surface area contributed by atoms with Crippen molar-refractivity contribution in [2.24, 2.45) is 0 Å². The van der Waals surface area contributed by atoms with Crippen molar-refractivity contribution in [2.75, 3.05) is 37.9 Å². The van der Waals surface area contributed by atoms with Gasteiger partial charge in [0.2, 0.25) is 0 Å². The Morgan fingerprint density at radius 2 is 1.00 bits per heavy atom. The number of nitrogen functional groups attached to an aromatic ring is 2. The predicted octanol–water partition coefficient (Wildman–Crippen LogP) is 1.05. The van der Waals surface area contributed by atoms with E-state index in [2.05, 4.69) is 0 Å². The molecule has 0 aliphatic carbocycles. The SMILES string of the molecule is Nc1ccc(OCC(O)COCC(O)COc2ccc(N)cc2)cc1. The third kappa shape index (κ3) is 7.30. The van der Waals surface area contributed by atoms with Crippen LogP contribution in [-0.2, 0) is 4.74 Å². The fourth-order valence-corrected chi connectivity index (χ4v) is 1.95. The van der Waals surface area contributed by atoms with Gasteiger partial charge in [-0.3, -0.25) is 0 Å². The number of nitrogens with two attached hydrogens (primary N) is 2. The molecule has 0 spiro atoms. The first-order valence-corrected chi connectivity index (χ1v) is 7.93. The van der Waals surface area contributed by atoms with Crippen LogP contribution in [0.5, 0.6) is 11.5 Å². The predicted molar refractivity (Wildman–Crippen MR) is 95.5 cm³/mol. The summed E-state index contributed by atoms with van der Waals surface area (Å²) in [4.78, 5) is 0. The van der Waals surface area contributed by atoms with Crippen molar-refractivity contribution in [3.63, 3.8) is 0 Å². The highest BCUT2D eigenvalue weighted by atomic mass is 16.5. The van der Waals surface area contributed by atoms with Crippen LogP contribution in [0.3, 0.4) is 0 Å². The van der Waals surface area contributed by atoms with Crippen LogP contribution in [0, 0.1) is 0 Å². The van der Waals surface area contributed by atoms with E-state index in [0.29, 0.717) is 22.9 Å². The average molecular weight is 348 g/mol. The van der Waals surface area contributed by atoms with Crippen molar-refractivity contribution in [3.8, 4) is 11.5 Å². The third-order valence-corrected chi connectivity index (χ3v) is 3.27. The van der Waals surface area contributed by atoms with E-state index < -0.39 is 12.2 Å². The summed E-state index contributed by atoms with van der Waals surface area (Å²) in [5, 5.41) is 19.6. The molecule has 0 radical (unpaired) electrons. The van der Waals surface area contributed by atoms with E-state index >= 15 is 0 Å². The number of ether oxygens (including phenoxy) is 3. The molecule has 7 heteroatoms. The van der Waals surface area contributed by atoms with Crippen LogP contribution in [0.15, 0.2) is 48.5 Å². The van der Waals surface area contributed by atoms with Crippen LogP contribution in [0.4, 0.5) is 11.4 Å². The van der Waals surface area contributed by atoms with E-state index in [1.165, 1.54) is 0 Å².